The minimum Gasteiger partial charge on any atom is -0.457 e. The summed E-state index contributed by atoms with van der Waals surface area (Å²) < 4.78 is 51.6. The smallest absolute Gasteiger partial charge is 0.408 e. The van der Waals surface area contributed by atoms with E-state index >= 15 is 0 Å². The molecule has 11 nitrogen and oxygen atoms in total. The van der Waals surface area contributed by atoms with Crippen LogP contribution in [0.2, 0.25) is 0 Å². The Morgan fingerprint density at radius 3 is 2.62 bits per heavy atom. The van der Waals surface area contributed by atoms with E-state index in [1.165, 1.54) is 11.3 Å². The third-order valence-electron chi connectivity index (χ3n) is 9.33. The highest BCUT2D eigenvalue weighted by molar-refractivity contribution is 7.19. The fourth-order valence-corrected chi connectivity index (χ4v) is 8.45. The topological polar surface area (TPSA) is 120 Å². The number of rotatable bonds is 5. The lowest BCUT2D eigenvalue weighted by atomic mass is 9.80. The number of carbonyl (C=O) groups is 1. The lowest BCUT2D eigenvalue weighted by molar-refractivity contribution is -0.169. The Kier molecular flexibility index (Phi) is 6.72. The molecule has 1 spiro atoms. The number of thiazole rings is 1. The minimum absolute atomic E-state index is 0.0585. The highest BCUT2D eigenvalue weighted by Gasteiger charge is 2.56. The number of morpholine rings is 1. The van der Waals surface area contributed by atoms with Gasteiger partial charge in [0.25, 0.3) is 6.02 Å². The van der Waals surface area contributed by atoms with Gasteiger partial charge in [0.15, 0.2) is 23.4 Å². The number of hydrogen-bond donors (Lipinski definition) is 2. The Morgan fingerprint density at radius 2 is 1.93 bits per heavy atom. The molecule has 4 aliphatic heterocycles. The molecule has 2 aromatic heterocycles. The zero-order valence-corrected chi connectivity index (χ0v) is 24.1. The third kappa shape index (κ3) is 4.29. The normalized spacial score (nSPS) is 26.4. The first-order valence-electron chi connectivity index (χ1n) is 14.5. The first-order valence-corrected chi connectivity index (χ1v) is 15.3. The second-order valence-corrected chi connectivity index (χ2v) is 12.7. The molecule has 2 unspecified atom stereocenters. The quantitative estimate of drug-likeness (QED) is 0.379. The first kappa shape index (κ1) is 27.6. The number of likely N-dealkylation sites (tertiary alicyclic amines) is 1. The molecule has 4 fully saturated rings. The van der Waals surface area contributed by atoms with Crippen LogP contribution < -0.4 is 15.1 Å². The molecule has 2 bridgehead atoms. The van der Waals surface area contributed by atoms with Gasteiger partial charge in [0.2, 0.25) is 5.91 Å². The maximum atomic E-state index is 14.3. The third-order valence-corrected chi connectivity index (χ3v) is 10.3. The molecule has 226 valence electrons. The molecule has 3 saturated heterocycles. The van der Waals surface area contributed by atoms with Gasteiger partial charge in [0, 0.05) is 13.6 Å². The van der Waals surface area contributed by atoms with E-state index < -0.39 is 23.7 Å². The molecule has 1 aliphatic carbocycles. The number of ether oxygens (including phenoxy) is 2. The lowest BCUT2D eigenvalue weighted by Gasteiger charge is -2.34. The summed E-state index contributed by atoms with van der Waals surface area (Å²) >= 11 is 1.46. The molecule has 5 aliphatic rings. The van der Waals surface area contributed by atoms with Crippen LogP contribution in [0.15, 0.2) is 6.20 Å². The molecule has 1 amide bonds. The predicted molar refractivity (Wildman–Crippen MR) is 149 cm³/mol. The molecule has 7 rings (SSSR count). The molecular weight excluding hydrogens is 573 g/mol. The van der Waals surface area contributed by atoms with Crippen LogP contribution in [0.25, 0.3) is 0 Å². The zero-order chi connectivity index (χ0) is 29.2. The number of halogens is 3. The highest BCUT2D eigenvalue weighted by atomic mass is 32.1. The maximum absolute atomic E-state index is 14.3. The number of nitrogens with one attached hydrogen (secondary N) is 2. The number of hydrogen-bond acceptors (Lipinski definition) is 10. The molecule has 42 heavy (non-hydrogen) atoms. The second kappa shape index (κ2) is 10.2. The van der Waals surface area contributed by atoms with Gasteiger partial charge in [-0.3, -0.25) is 15.1 Å². The van der Waals surface area contributed by atoms with Crippen molar-refractivity contribution in [1.82, 2.24) is 19.9 Å². The van der Waals surface area contributed by atoms with Gasteiger partial charge in [0.05, 0.1) is 42.5 Å². The zero-order valence-electron chi connectivity index (χ0n) is 23.2. The Balaban J connectivity index is 1.21. The van der Waals surface area contributed by atoms with Crippen molar-refractivity contribution in [2.45, 2.75) is 87.7 Å². The summed E-state index contributed by atoms with van der Waals surface area (Å²) in [6.07, 6.45) is 2.81. The van der Waals surface area contributed by atoms with E-state index in [1.807, 2.05) is 0 Å². The van der Waals surface area contributed by atoms with E-state index in [-0.39, 0.29) is 43.4 Å². The van der Waals surface area contributed by atoms with Crippen LogP contribution in [0.3, 0.4) is 0 Å². The molecule has 1 saturated carbocycles. The van der Waals surface area contributed by atoms with Gasteiger partial charge in [-0.25, -0.2) is 15.0 Å². The summed E-state index contributed by atoms with van der Waals surface area (Å²) in [6, 6.07) is -1.75. The number of aromatic nitrogens is 3. The predicted octanol–water partition coefficient (Wildman–Crippen LogP) is 4.31. The van der Waals surface area contributed by atoms with Crippen molar-refractivity contribution >= 4 is 45.0 Å². The summed E-state index contributed by atoms with van der Waals surface area (Å²) in [6.45, 7) is 1.12. The van der Waals surface area contributed by atoms with Crippen LogP contribution in [-0.4, -0.2) is 82.9 Å². The molecule has 3 atom stereocenters. The van der Waals surface area contributed by atoms with Crippen molar-refractivity contribution in [1.29, 1.82) is 5.41 Å². The van der Waals surface area contributed by atoms with Gasteiger partial charge in [-0.1, -0.05) is 24.2 Å². The molecule has 15 heteroatoms. The van der Waals surface area contributed by atoms with E-state index in [4.69, 9.17) is 24.9 Å². The largest absolute Gasteiger partial charge is 0.457 e. The minimum atomic E-state index is -4.44. The van der Waals surface area contributed by atoms with Crippen LogP contribution >= 0.6 is 11.3 Å². The summed E-state index contributed by atoms with van der Waals surface area (Å²) in [5, 5.41) is 12.9. The summed E-state index contributed by atoms with van der Waals surface area (Å²) in [7, 11) is 1.72. The van der Waals surface area contributed by atoms with Crippen LogP contribution in [0.4, 0.5) is 34.9 Å². The molecule has 6 heterocycles. The van der Waals surface area contributed by atoms with Gasteiger partial charge in [0.1, 0.15) is 16.9 Å². The van der Waals surface area contributed by atoms with Crippen molar-refractivity contribution in [3.05, 3.63) is 17.6 Å². The van der Waals surface area contributed by atoms with Crippen molar-refractivity contribution in [3.63, 3.8) is 0 Å². The van der Waals surface area contributed by atoms with E-state index in [1.54, 1.807) is 18.1 Å². The average Bonchev–Trinajstić information content (AvgIpc) is 3.79. The van der Waals surface area contributed by atoms with E-state index in [9.17, 15) is 18.0 Å². The first-order chi connectivity index (χ1) is 20.2. The van der Waals surface area contributed by atoms with Gasteiger partial charge < -0.3 is 24.6 Å². The van der Waals surface area contributed by atoms with E-state index in [0.717, 1.165) is 41.3 Å². The fourth-order valence-electron chi connectivity index (χ4n) is 7.39. The Hall–Kier alpha value is -3.20. The number of amides is 1. The fraction of sp³-hybridized carbons (Fsp3) is 0.667. The molecule has 2 aromatic rings. The van der Waals surface area contributed by atoms with E-state index in [2.05, 4.69) is 15.2 Å². The van der Waals surface area contributed by atoms with Gasteiger partial charge in [-0.15, -0.1) is 0 Å². The lowest BCUT2D eigenvalue weighted by Crippen LogP contribution is -2.45. The number of fused-ring (bicyclic) bond motifs is 4. The Labute approximate surface area is 244 Å². The number of anilines is 4. The molecule has 2 N–H and O–H groups in total. The average molecular weight is 607 g/mol. The van der Waals surface area contributed by atoms with Crippen LogP contribution in [0.5, 0.6) is 0 Å². The monoisotopic (exact) mass is 606 g/mol. The van der Waals surface area contributed by atoms with Gasteiger partial charge >= 0.3 is 6.18 Å². The summed E-state index contributed by atoms with van der Waals surface area (Å²) in [5.41, 5.74) is -0.0124. The van der Waals surface area contributed by atoms with Crippen molar-refractivity contribution in [3.8, 4) is 0 Å². The Morgan fingerprint density at radius 1 is 1.19 bits per heavy atom. The van der Waals surface area contributed by atoms with Crippen LogP contribution in [-0.2, 0) is 26.3 Å². The SMILES string of the molecule is CNc1nc(COC(=N)N2CCC[C@@H]2C(F)(F)F)nc2c1C1(CCCC1)C(=O)N2c1cnc(N2C3CCC2COC3)s1. The van der Waals surface area contributed by atoms with E-state index in [0.29, 0.717) is 49.1 Å². The molecule has 0 aromatic carbocycles. The maximum Gasteiger partial charge on any atom is 0.408 e. The van der Waals surface area contributed by atoms with Crippen LogP contribution in [0.1, 0.15) is 62.8 Å². The number of amidine groups is 1. The van der Waals surface area contributed by atoms with Crippen LogP contribution in [0, 0.1) is 5.41 Å². The standard InChI is InChI=1S/C27H33F3N8O3S/c1-32-21-20-22(35-18(34-21)14-41-24(31)36-10-4-5-17(36)27(28,29)30)38(23(39)26(20)8-2-3-9-26)19-11-33-25(42-19)37-15-6-7-16(37)13-40-12-15/h11,15-17,31H,2-10,12-14H2,1H3,(H,32,34,35)/t15?,16?,17-/m1/s1. The Bertz CT molecular complexity index is 1380. The number of carbonyl (C=O) groups excluding carboxylic acids is 1. The molecule has 0 radical (unpaired) electrons. The van der Waals surface area contributed by atoms with Crippen molar-refractivity contribution in [2.75, 3.05) is 41.9 Å². The summed E-state index contributed by atoms with van der Waals surface area (Å²) in [4.78, 5) is 33.3. The van der Waals surface area contributed by atoms with Crippen molar-refractivity contribution < 1.29 is 27.4 Å². The highest BCUT2D eigenvalue weighted by Crippen LogP contribution is 2.56. The summed E-state index contributed by atoms with van der Waals surface area (Å²) in [5.74, 6) is 1.06. The number of nitrogens with zero attached hydrogens (tertiary/aromatic N) is 6. The molecular formula is C27H33F3N8O3S. The van der Waals surface area contributed by atoms with Gasteiger partial charge in [-0.2, -0.15) is 13.2 Å². The van der Waals surface area contributed by atoms with Gasteiger partial charge in [-0.05, 0) is 38.5 Å². The van der Waals surface area contributed by atoms with Crippen molar-refractivity contribution in [2.24, 2.45) is 0 Å². The number of alkyl halides is 3. The second-order valence-electron chi connectivity index (χ2n) is 11.7.